The molecule has 0 aliphatic heterocycles. The van der Waals surface area contributed by atoms with E-state index in [9.17, 15) is 0 Å². The Balaban J connectivity index is 0.00000160. The molecule has 2 aromatic heterocycles. The maximum Gasteiger partial charge on any atom is 2.00 e. The fourth-order valence-electron chi connectivity index (χ4n) is 3.60. The third kappa shape index (κ3) is 5.64. The Kier molecular flexibility index (Phi) is 10.1. The number of fused-ring (bicyclic) bond motifs is 3. The summed E-state index contributed by atoms with van der Waals surface area (Å²) in [4.78, 5) is 14.3. The van der Waals surface area contributed by atoms with Crippen LogP contribution in [0.25, 0.3) is 21.8 Å². The van der Waals surface area contributed by atoms with Crippen LogP contribution in [0.1, 0.15) is 56.4 Å². The summed E-state index contributed by atoms with van der Waals surface area (Å²) in [5, 5.41) is 2.19. The summed E-state index contributed by atoms with van der Waals surface area (Å²) >= 11 is 0. The fraction of sp³-hybridized carbons (Fsp3) is 0.240. The van der Waals surface area contributed by atoms with Gasteiger partial charge in [0.25, 0.3) is 0 Å². The van der Waals surface area contributed by atoms with E-state index >= 15 is 0 Å². The van der Waals surface area contributed by atoms with Crippen molar-refractivity contribution < 1.29 is 41.9 Å². The summed E-state index contributed by atoms with van der Waals surface area (Å²) in [5.41, 5.74) is 6.32. The van der Waals surface area contributed by atoms with E-state index in [4.69, 9.17) is 9.98 Å². The van der Waals surface area contributed by atoms with Gasteiger partial charge in [0.2, 0.25) is 0 Å². The minimum absolute atomic E-state index is 0. The normalized spacial score (nSPS) is 10.9. The van der Waals surface area contributed by atoms with Gasteiger partial charge in [-0.2, -0.15) is 0 Å². The van der Waals surface area contributed by atoms with Crippen LogP contribution in [0, 0.1) is 0 Å². The van der Waals surface area contributed by atoms with E-state index in [0.29, 0.717) is 11.8 Å². The second-order valence-corrected chi connectivity index (χ2v) is 7.80. The molecular weight excluding hydrogens is 469 g/mol. The van der Waals surface area contributed by atoms with Crippen molar-refractivity contribution in [3.8, 4) is 0 Å². The SMILES string of the molecule is CC(C)c1cccc(C(C)C)c1/N=C/c1ccc2ccc3cccnc3c2n1.[Cl-].[Cl-].[Fe+2]. The predicted octanol–water partition coefficient (Wildman–Crippen LogP) is 0.786. The molecule has 0 aliphatic carbocycles. The van der Waals surface area contributed by atoms with Crippen LogP contribution in [0.3, 0.4) is 0 Å². The third-order valence-electron chi connectivity index (χ3n) is 5.12. The van der Waals surface area contributed by atoms with Crippen molar-refractivity contribution in [3.63, 3.8) is 0 Å². The van der Waals surface area contributed by atoms with Crippen molar-refractivity contribution in [2.24, 2.45) is 4.99 Å². The first-order valence-electron chi connectivity index (χ1n) is 9.86. The number of hydrogen-bond acceptors (Lipinski definition) is 3. The molecule has 0 saturated heterocycles. The number of halogens is 2. The number of rotatable bonds is 4. The average Bonchev–Trinajstić information content (AvgIpc) is 2.71. The molecular formula is C25H25Cl2FeN3. The number of benzene rings is 2. The molecule has 0 saturated carbocycles. The van der Waals surface area contributed by atoms with E-state index < -0.39 is 0 Å². The minimum Gasteiger partial charge on any atom is -1.00 e. The zero-order chi connectivity index (χ0) is 19.7. The first-order chi connectivity index (χ1) is 13.5. The van der Waals surface area contributed by atoms with Crippen LogP contribution < -0.4 is 24.8 Å². The van der Waals surface area contributed by atoms with Gasteiger partial charge in [0.05, 0.1) is 28.6 Å². The van der Waals surface area contributed by atoms with E-state index in [1.807, 2.05) is 24.5 Å². The first kappa shape index (κ1) is 27.1. The Morgan fingerprint density at radius 1 is 0.742 bits per heavy atom. The number of aliphatic imine (C=N–C) groups is 1. The zero-order valence-electron chi connectivity index (χ0n) is 18.0. The summed E-state index contributed by atoms with van der Waals surface area (Å²) in [5.74, 6) is 0.840. The standard InChI is InChI=1S/C25H25N3.2ClH.Fe/c1-16(2)21-8-5-9-22(17(3)4)25(21)27-15-20-13-12-19-11-10-18-7-6-14-26-23(18)24(19)28-20;;;/h5-17H,1-4H3;2*1H;/q;;;+2/p-2/b27-15+;;;. The number of nitrogens with zero attached hydrogens (tertiary/aromatic N) is 3. The smallest absolute Gasteiger partial charge is 1.00 e. The van der Waals surface area contributed by atoms with Gasteiger partial charge >= 0.3 is 17.1 Å². The van der Waals surface area contributed by atoms with Gasteiger partial charge in [-0.3, -0.25) is 9.98 Å². The number of para-hydroxylation sites is 1. The molecule has 0 bridgehead atoms. The molecule has 6 heteroatoms. The van der Waals surface area contributed by atoms with E-state index in [-0.39, 0.29) is 41.9 Å². The van der Waals surface area contributed by atoms with Gasteiger partial charge in [0, 0.05) is 17.0 Å². The van der Waals surface area contributed by atoms with Gasteiger partial charge in [-0.25, -0.2) is 4.98 Å². The molecule has 0 N–H and O–H groups in total. The van der Waals surface area contributed by atoms with Crippen LogP contribution in [0.15, 0.2) is 65.8 Å². The Bertz CT molecular complexity index is 1160. The molecule has 0 radical (unpaired) electrons. The Labute approximate surface area is 207 Å². The van der Waals surface area contributed by atoms with Crippen LogP contribution in [0.2, 0.25) is 0 Å². The van der Waals surface area contributed by atoms with Crippen LogP contribution in [0.5, 0.6) is 0 Å². The summed E-state index contributed by atoms with van der Waals surface area (Å²) in [6, 6.07) is 18.8. The van der Waals surface area contributed by atoms with Crippen LogP contribution in [-0.2, 0) is 17.1 Å². The molecule has 0 amide bonds. The van der Waals surface area contributed by atoms with Crippen molar-refractivity contribution in [1.82, 2.24) is 9.97 Å². The summed E-state index contributed by atoms with van der Waals surface area (Å²) < 4.78 is 0. The molecule has 3 nitrogen and oxygen atoms in total. The van der Waals surface area contributed by atoms with Crippen molar-refractivity contribution in [2.45, 2.75) is 39.5 Å². The van der Waals surface area contributed by atoms with Crippen molar-refractivity contribution in [3.05, 3.63) is 77.6 Å². The molecule has 2 aromatic carbocycles. The second-order valence-electron chi connectivity index (χ2n) is 7.80. The van der Waals surface area contributed by atoms with E-state index in [1.165, 1.54) is 11.1 Å². The number of hydrogen-bond donors (Lipinski definition) is 0. The Morgan fingerprint density at radius 3 is 1.94 bits per heavy atom. The molecule has 2 heterocycles. The minimum atomic E-state index is 0. The zero-order valence-corrected chi connectivity index (χ0v) is 20.6. The maximum atomic E-state index is 4.90. The molecule has 0 spiro atoms. The predicted molar refractivity (Wildman–Crippen MR) is 119 cm³/mol. The largest absolute Gasteiger partial charge is 2.00 e. The van der Waals surface area contributed by atoms with Gasteiger partial charge in [0.15, 0.2) is 0 Å². The fourth-order valence-corrected chi connectivity index (χ4v) is 3.60. The number of pyridine rings is 2. The molecule has 162 valence electrons. The van der Waals surface area contributed by atoms with Crippen LogP contribution in [-0.4, -0.2) is 16.2 Å². The van der Waals surface area contributed by atoms with E-state index in [1.54, 1.807) is 0 Å². The van der Waals surface area contributed by atoms with Crippen molar-refractivity contribution >= 4 is 33.7 Å². The van der Waals surface area contributed by atoms with Gasteiger partial charge in [-0.1, -0.05) is 70.2 Å². The molecule has 4 rings (SSSR count). The molecule has 0 aliphatic rings. The van der Waals surface area contributed by atoms with Crippen molar-refractivity contribution in [1.29, 1.82) is 0 Å². The van der Waals surface area contributed by atoms with Gasteiger partial charge in [-0.15, -0.1) is 0 Å². The monoisotopic (exact) mass is 493 g/mol. The van der Waals surface area contributed by atoms with Crippen LogP contribution in [0.4, 0.5) is 5.69 Å². The van der Waals surface area contributed by atoms with Crippen LogP contribution >= 0.6 is 0 Å². The summed E-state index contributed by atoms with van der Waals surface area (Å²) in [6.07, 6.45) is 3.70. The van der Waals surface area contributed by atoms with E-state index in [2.05, 4.69) is 75.1 Å². The molecule has 0 fully saturated rings. The van der Waals surface area contributed by atoms with Crippen molar-refractivity contribution in [2.75, 3.05) is 0 Å². The molecule has 0 unspecified atom stereocenters. The van der Waals surface area contributed by atoms with Gasteiger partial charge < -0.3 is 24.8 Å². The third-order valence-corrected chi connectivity index (χ3v) is 5.12. The quantitative estimate of drug-likeness (QED) is 0.239. The van der Waals surface area contributed by atoms with Gasteiger partial charge in [-0.05, 0) is 35.1 Å². The molecule has 0 atom stereocenters. The molecule has 31 heavy (non-hydrogen) atoms. The van der Waals surface area contributed by atoms with Gasteiger partial charge in [0.1, 0.15) is 0 Å². The second kappa shape index (κ2) is 11.6. The maximum absolute atomic E-state index is 4.90. The summed E-state index contributed by atoms with van der Waals surface area (Å²) in [7, 11) is 0. The molecule has 4 aromatic rings. The Morgan fingerprint density at radius 2 is 1.32 bits per heavy atom. The topological polar surface area (TPSA) is 38.1 Å². The first-order valence-corrected chi connectivity index (χ1v) is 9.86. The number of aromatic nitrogens is 2. The Hall–Kier alpha value is -1.97. The average molecular weight is 494 g/mol. The van der Waals surface area contributed by atoms with E-state index in [0.717, 1.165) is 33.2 Å². The summed E-state index contributed by atoms with van der Waals surface area (Å²) in [6.45, 7) is 8.85.